The van der Waals surface area contributed by atoms with Crippen LogP contribution in [0, 0.1) is 18.6 Å². The zero-order chi connectivity index (χ0) is 56.8. The van der Waals surface area contributed by atoms with Gasteiger partial charge >= 0.3 is 6.18 Å². The lowest BCUT2D eigenvalue weighted by molar-refractivity contribution is -0.137. The summed E-state index contributed by atoms with van der Waals surface area (Å²) in [5.41, 5.74) is -13.1. The number of alkyl halides is 3. The van der Waals surface area contributed by atoms with Crippen LogP contribution in [0.4, 0.5) is 22.0 Å². The number of pyridine rings is 1. The van der Waals surface area contributed by atoms with Crippen molar-refractivity contribution >= 4 is 28.6 Å². The fourth-order valence-corrected chi connectivity index (χ4v) is 6.04. The van der Waals surface area contributed by atoms with Gasteiger partial charge in [0, 0.05) is 64.6 Å². The number of fused-ring (bicyclic) bond motifs is 1. The van der Waals surface area contributed by atoms with Gasteiger partial charge in [-0.05, 0) is 66.7 Å². The summed E-state index contributed by atoms with van der Waals surface area (Å²) in [6, 6.07) is -20.8. The normalized spacial score (nSPS) is 20.9. The molecule has 0 saturated carbocycles. The largest absolute Gasteiger partial charge is 0.416 e. The first-order valence-electron chi connectivity index (χ1n) is 26.6. The van der Waals surface area contributed by atoms with Crippen LogP contribution >= 0.6 is 11.8 Å². The van der Waals surface area contributed by atoms with Gasteiger partial charge in [-0.3, -0.25) is 9.59 Å². The van der Waals surface area contributed by atoms with Crippen molar-refractivity contribution in [3.63, 3.8) is 0 Å². The maximum absolute atomic E-state index is 15.6. The van der Waals surface area contributed by atoms with E-state index in [2.05, 4.69) is 0 Å². The molecule has 53 heavy (non-hydrogen) atoms. The average molecular weight is 772 g/mol. The van der Waals surface area contributed by atoms with E-state index in [1.54, 1.807) is 4.90 Å². The maximum Gasteiger partial charge on any atom is 0.416 e. The summed E-state index contributed by atoms with van der Waals surface area (Å²) in [7, 11) is -2.78. The Morgan fingerprint density at radius 2 is 1.70 bits per heavy atom. The van der Waals surface area contributed by atoms with Crippen LogP contribution < -0.4 is 5.43 Å². The van der Waals surface area contributed by atoms with E-state index in [0.29, 0.717) is 9.47 Å². The third-order valence-corrected chi connectivity index (χ3v) is 8.73. The summed E-state index contributed by atoms with van der Waals surface area (Å²) in [4.78, 5) is 31.4. The number of likely N-dealkylation sites (tertiary alicyclic amines) is 1. The Bertz CT molecular complexity index is 3170. The minimum atomic E-state index is -5.43. The summed E-state index contributed by atoms with van der Waals surface area (Å²) in [6.45, 7) is -4.36. The van der Waals surface area contributed by atoms with Crippen molar-refractivity contribution in [1.29, 1.82) is 0 Å². The molecular weight excluding hydrogens is 710 g/mol. The molecule has 0 N–H and O–H groups in total. The Balaban J connectivity index is 1.61. The molecule has 1 aliphatic heterocycles. The molecule has 0 atom stereocenters. The molecule has 1 aromatic heterocycles. The van der Waals surface area contributed by atoms with Gasteiger partial charge in [0.2, 0.25) is 5.91 Å². The van der Waals surface area contributed by atoms with E-state index in [1.165, 1.54) is 0 Å². The number of hydrogen-bond acceptors (Lipinski definition) is 5. The molecule has 1 amide bonds. The van der Waals surface area contributed by atoms with Gasteiger partial charge in [-0.1, -0.05) is 59.9 Å². The van der Waals surface area contributed by atoms with Crippen LogP contribution in [-0.2, 0) is 34.5 Å². The number of amides is 1. The first kappa shape index (κ1) is 19.2. The summed E-state index contributed by atoms with van der Waals surface area (Å²) >= 11 is -0.346. The van der Waals surface area contributed by atoms with Crippen molar-refractivity contribution in [2.24, 2.45) is 0 Å². The molecule has 2 heterocycles. The van der Waals surface area contributed by atoms with E-state index in [1.807, 2.05) is 0 Å². The molecule has 12 heteroatoms. The van der Waals surface area contributed by atoms with Crippen LogP contribution in [0.2, 0.25) is 0 Å². The van der Waals surface area contributed by atoms with Gasteiger partial charge in [-0.25, -0.2) is 8.78 Å². The molecule has 0 bridgehead atoms. The molecule has 4 aromatic carbocycles. The Morgan fingerprint density at radius 1 is 1.00 bits per heavy atom. The molecule has 6 nitrogen and oxygen atoms in total. The highest BCUT2D eigenvalue weighted by molar-refractivity contribution is 7.98. The molecule has 0 spiro atoms. The number of halogens is 5. The standard InChI is InChI=1S/C41H40F5N3O3S/c1-27-6-15-36-34(22-27)37(50)23-39(53-26-31-4-3-5-35(42)40(31)43)49(36)25-38(51)48(33-16-18-47(19-17-33)20-21-52-2)24-28-7-9-29(10-8-28)30-11-13-32(14-12-30)41(44,45)46/h3-15,22-23,33H,16-21,24-26H2,1-2H3/i2D3,3D,4D,5D,6D,7D,8D,9D,10D,11D,12D,13D,14D,15D,22D,23D,24D2,26D2. The van der Waals surface area contributed by atoms with Crippen LogP contribution in [0.5, 0.6) is 0 Å². The number of carbonyl (C=O) groups excluding carboxylic acids is 1. The van der Waals surface area contributed by atoms with Crippen molar-refractivity contribution < 1.29 is 61.6 Å². The third kappa shape index (κ3) is 9.17. The Hall–Kier alpha value is -4.52. The summed E-state index contributed by atoms with van der Waals surface area (Å²) < 4.78 is 264. The predicted octanol–water partition coefficient (Wildman–Crippen LogP) is 8.71. The Kier molecular flexibility index (Phi) is 6.03. The van der Waals surface area contributed by atoms with Gasteiger partial charge in [0.05, 0.1) is 50.1 Å². The van der Waals surface area contributed by atoms with Crippen LogP contribution in [-0.4, -0.2) is 59.6 Å². The van der Waals surface area contributed by atoms with E-state index >= 15 is 9.18 Å². The second kappa shape index (κ2) is 16.7. The minimum absolute atomic E-state index is 0.0167. The van der Waals surface area contributed by atoms with Gasteiger partial charge in [-0.2, -0.15) is 13.2 Å². The third-order valence-electron chi connectivity index (χ3n) is 7.91. The van der Waals surface area contributed by atoms with E-state index < -0.39 is 195 Å². The molecule has 1 fully saturated rings. The van der Waals surface area contributed by atoms with Crippen LogP contribution in [0.15, 0.2) is 100 Å². The molecular formula is C41H40F5N3O3S. The average Bonchev–Trinajstić information content (AvgIpc) is 3.30. The minimum Gasteiger partial charge on any atom is -0.383 e. The number of hydrogen-bond donors (Lipinski definition) is 0. The number of piperidine rings is 1. The van der Waals surface area contributed by atoms with E-state index in [0.717, 1.165) is 6.92 Å². The zero-order valence-electron chi connectivity index (χ0n) is 49.4. The Labute approximate surface area is 340 Å². The van der Waals surface area contributed by atoms with E-state index in [4.69, 9.17) is 32.2 Å². The molecule has 1 saturated heterocycles. The van der Waals surface area contributed by atoms with Crippen LogP contribution in [0.25, 0.3) is 22.0 Å². The highest BCUT2D eigenvalue weighted by Crippen LogP contribution is 2.32. The first-order valence-corrected chi connectivity index (χ1v) is 16.4. The fourth-order valence-electron chi connectivity index (χ4n) is 5.30. The monoisotopic (exact) mass is 771 g/mol. The lowest BCUT2D eigenvalue weighted by Crippen LogP contribution is -2.48. The van der Waals surface area contributed by atoms with Gasteiger partial charge in [0.1, 0.15) is 6.54 Å². The topological polar surface area (TPSA) is 54.8 Å². The van der Waals surface area contributed by atoms with E-state index in [9.17, 15) is 25.1 Å². The molecule has 1 aliphatic rings. The van der Waals surface area contributed by atoms with Crippen molar-refractivity contribution in [2.75, 3.05) is 33.3 Å². The smallest absolute Gasteiger partial charge is 0.383 e. The second-order valence-corrected chi connectivity index (χ2v) is 12.2. The molecule has 0 unspecified atom stereocenters. The van der Waals surface area contributed by atoms with Crippen LogP contribution in [0.1, 0.15) is 65.3 Å². The van der Waals surface area contributed by atoms with Crippen LogP contribution in [0.3, 0.4) is 0 Å². The molecule has 278 valence electrons. The number of ether oxygens (including phenoxy) is 1. The number of rotatable bonds is 12. The van der Waals surface area contributed by atoms with Gasteiger partial charge in [0.25, 0.3) is 0 Å². The number of benzene rings is 4. The highest BCUT2D eigenvalue weighted by atomic mass is 32.2. The number of carbonyl (C=O) groups is 1. The predicted molar refractivity (Wildman–Crippen MR) is 198 cm³/mol. The van der Waals surface area contributed by atoms with E-state index in [-0.39, 0.29) is 56.4 Å². The summed E-state index contributed by atoms with van der Waals surface area (Å²) in [6.07, 6.45) is -5.93. The Morgan fingerprint density at radius 3 is 2.38 bits per heavy atom. The number of aromatic nitrogens is 1. The van der Waals surface area contributed by atoms with Crippen molar-refractivity contribution in [1.82, 2.24) is 14.4 Å². The fraction of sp³-hybridized carbons (Fsp3) is 0.317. The van der Waals surface area contributed by atoms with Gasteiger partial charge < -0.3 is 19.1 Å². The lowest BCUT2D eigenvalue weighted by atomic mass is 10.00. The zero-order valence-corrected chi connectivity index (χ0v) is 28.2. The second-order valence-electron chi connectivity index (χ2n) is 11.4. The number of methoxy groups -OCH3 is 1. The van der Waals surface area contributed by atoms with Gasteiger partial charge in [0.15, 0.2) is 17.1 Å². The van der Waals surface area contributed by atoms with Crippen molar-refractivity contribution in [2.45, 2.75) is 55.8 Å². The molecule has 0 radical (unpaired) electrons. The number of thioether (sulfide) groups is 1. The number of nitrogens with zero attached hydrogens (tertiary/aromatic N) is 3. The molecule has 0 aliphatic carbocycles. The highest BCUT2D eigenvalue weighted by Gasteiger charge is 2.31. The maximum atomic E-state index is 15.6. The molecule has 6 rings (SSSR count). The first-order chi connectivity index (χ1) is 34.3. The van der Waals surface area contributed by atoms with Gasteiger partial charge in [-0.15, -0.1) is 11.8 Å². The SMILES string of the molecule is [2H]c1c([2H])c(F)c(F)c(C([2H])([2H])Sc2c([2H])c(=O)c3c([2H])c(C)c([2H])c([2H])c3n2CC(=O)N(C2CCN(CCOC([2H])([2H])[2H])CC2)C([2H])([2H])c2c([2H])c([2H])c(-c3c([2H])c([2H])c(C(F)(F)F)c([2H])c3[2H])c([2H])c2[2H])c1[2H]. The van der Waals surface area contributed by atoms with Crippen molar-refractivity contribution in [3.05, 3.63) is 135 Å². The molecule has 5 aromatic rings. The van der Waals surface area contributed by atoms with Crippen molar-refractivity contribution in [3.8, 4) is 11.1 Å². The summed E-state index contributed by atoms with van der Waals surface area (Å²) in [5.74, 6) is -5.71. The lowest BCUT2D eigenvalue weighted by Gasteiger charge is -2.39. The quantitative estimate of drug-likeness (QED) is 0.0939. The summed E-state index contributed by atoms with van der Waals surface area (Å²) in [5, 5.41) is -1.85.